The van der Waals surface area contributed by atoms with Crippen LogP contribution in [0.4, 0.5) is 5.69 Å². The van der Waals surface area contributed by atoms with Crippen molar-refractivity contribution >= 4 is 34.2 Å². The van der Waals surface area contributed by atoms with E-state index in [4.69, 9.17) is 0 Å². The molecule has 0 aliphatic carbocycles. The Morgan fingerprint density at radius 2 is 2.00 bits per heavy atom. The largest absolute Gasteiger partial charge is 0.322 e. The number of nitrogens with one attached hydrogen (secondary N) is 1. The summed E-state index contributed by atoms with van der Waals surface area (Å²) < 4.78 is 1.09. The topological polar surface area (TPSA) is 42.0 Å². The highest BCUT2D eigenvalue weighted by atomic mass is 127. The van der Waals surface area contributed by atoms with E-state index in [1.54, 1.807) is 6.07 Å². The first-order valence-electron chi connectivity index (χ1n) is 5.57. The molecule has 0 radical (unpaired) electrons. The summed E-state index contributed by atoms with van der Waals surface area (Å²) in [6.07, 6.45) is 0. The van der Waals surface area contributed by atoms with Gasteiger partial charge in [-0.1, -0.05) is 6.07 Å². The number of aromatic nitrogens is 1. The molecule has 0 saturated carbocycles. The molecule has 1 heterocycles. The fourth-order valence-electron chi connectivity index (χ4n) is 1.69. The van der Waals surface area contributed by atoms with Crippen LogP contribution in [0, 0.1) is 17.4 Å². The van der Waals surface area contributed by atoms with Gasteiger partial charge in [0.25, 0.3) is 5.91 Å². The predicted molar refractivity (Wildman–Crippen MR) is 80.8 cm³/mol. The third-order valence-electron chi connectivity index (χ3n) is 2.55. The molecular formula is C14H13IN2O. The number of nitrogens with zero attached hydrogens (tertiary/aromatic N) is 1. The van der Waals surface area contributed by atoms with E-state index in [1.165, 1.54) is 0 Å². The first kappa shape index (κ1) is 13.0. The molecule has 3 nitrogen and oxygen atoms in total. The van der Waals surface area contributed by atoms with Gasteiger partial charge in [-0.2, -0.15) is 0 Å². The summed E-state index contributed by atoms with van der Waals surface area (Å²) in [6.45, 7) is 3.75. The number of hydrogen-bond donors (Lipinski definition) is 1. The lowest BCUT2D eigenvalue weighted by Gasteiger charge is -2.08. The molecule has 0 spiro atoms. The summed E-state index contributed by atoms with van der Waals surface area (Å²) in [7, 11) is 0. The minimum absolute atomic E-state index is 0.123. The highest BCUT2D eigenvalue weighted by molar-refractivity contribution is 14.1. The lowest BCUT2D eigenvalue weighted by molar-refractivity contribution is 0.102. The summed E-state index contributed by atoms with van der Waals surface area (Å²) in [5, 5.41) is 2.88. The van der Waals surface area contributed by atoms with Crippen molar-refractivity contribution in [1.82, 2.24) is 4.98 Å². The normalized spacial score (nSPS) is 10.2. The van der Waals surface area contributed by atoms with Crippen molar-refractivity contribution in [1.29, 1.82) is 0 Å². The van der Waals surface area contributed by atoms with Crippen LogP contribution in [0.2, 0.25) is 0 Å². The van der Waals surface area contributed by atoms with Crippen LogP contribution in [-0.4, -0.2) is 10.9 Å². The molecule has 18 heavy (non-hydrogen) atoms. The van der Waals surface area contributed by atoms with Crippen molar-refractivity contribution in [3.8, 4) is 0 Å². The van der Waals surface area contributed by atoms with Crippen molar-refractivity contribution in [2.45, 2.75) is 13.8 Å². The molecule has 1 aromatic carbocycles. The van der Waals surface area contributed by atoms with Gasteiger partial charge in [-0.25, -0.2) is 0 Å². The van der Waals surface area contributed by atoms with Gasteiger partial charge in [0.2, 0.25) is 0 Å². The van der Waals surface area contributed by atoms with E-state index < -0.39 is 0 Å². The molecule has 1 amide bonds. The van der Waals surface area contributed by atoms with Gasteiger partial charge in [0.15, 0.2) is 0 Å². The third-order valence-corrected chi connectivity index (χ3v) is 3.22. The number of amides is 1. The minimum Gasteiger partial charge on any atom is -0.322 e. The van der Waals surface area contributed by atoms with Crippen LogP contribution in [0.1, 0.15) is 21.7 Å². The minimum atomic E-state index is -0.123. The summed E-state index contributed by atoms with van der Waals surface area (Å²) in [5.74, 6) is -0.123. The number of benzene rings is 1. The van der Waals surface area contributed by atoms with E-state index in [2.05, 4.69) is 32.9 Å². The Morgan fingerprint density at radius 3 is 2.67 bits per heavy atom. The van der Waals surface area contributed by atoms with Crippen molar-refractivity contribution in [2.24, 2.45) is 0 Å². The quantitative estimate of drug-likeness (QED) is 0.840. The maximum atomic E-state index is 12.1. The van der Waals surface area contributed by atoms with E-state index >= 15 is 0 Å². The second-order valence-electron chi connectivity index (χ2n) is 4.05. The van der Waals surface area contributed by atoms with Crippen LogP contribution in [0.15, 0.2) is 36.4 Å². The van der Waals surface area contributed by atoms with Crippen molar-refractivity contribution < 1.29 is 4.79 Å². The number of anilines is 1. The van der Waals surface area contributed by atoms with E-state index in [9.17, 15) is 4.79 Å². The number of rotatable bonds is 2. The first-order chi connectivity index (χ1) is 8.56. The van der Waals surface area contributed by atoms with Crippen LogP contribution in [0.3, 0.4) is 0 Å². The van der Waals surface area contributed by atoms with Crippen LogP contribution in [-0.2, 0) is 0 Å². The molecule has 4 heteroatoms. The van der Waals surface area contributed by atoms with Gasteiger partial charge < -0.3 is 5.32 Å². The predicted octanol–water partition coefficient (Wildman–Crippen LogP) is 3.56. The van der Waals surface area contributed by atoms with Gasteiger partial charge in [0.1, 0.15) is 0 Å². The number of pyridine rings is 1. The highest BCUT2D eigenvalue weighted by Gasteiger charge is 2.10. The molecule has 2 aromatic rings. The Hall–Kier alpha value is -1.43. The second-order valence-corrected chi connectivity index (χ2v) is 5.30. The maximum absolute atomic E-state index is 12.1. The molecule has 0 bridgehead atoms. The summed E-state index contributed by atoms with van der Waals surface area (Å²) >= 11 is 2.21. The van der Waals surface area contributed by atoms with Crippen molar-refractivity contribution in [2.75, 3.05) is 5.32 Å². The Balaban J connectivity index is 2.22. The zero-order valence-corrected chi connectivity index (χ0v) is 12.4. The second kappa shape index (κ2) is 5.48. The third kappa shape index (κ3) is 3.07. The Bertz CT molecular complexity index is 596. The number of halogens is 1. The smallest absolute Gasteiger partial charge is 0.257 e. The number of carbonyl (C=O) groups excluding carboxylic acids is 1. The Morgan fingerprint density at radius 1 is 1.22 bits per heavy atom. The fourth-order valence-corrected chi connectivity index (χ4v) is 2.23. The standard InChI is InChI=1S/C14H13IN2O/c1-9-6-7-13(10(2)16-9)14(18)17-12-5-3-4-11(15)8-12/h3-8H,1-2H3,(H,17,18). The first-order valence-corrected chi connectivity index (χ1v) is 6.65. The molecule has 1 N–H and O–H groups in total. The van der Waals surface area contributed by atoms with Crippen molar-refractivity contribution in [3.63, 3.8) is 0 Å². The lowest BCUT2D eigenvalue weighted by atomic mass is 10.1. The van der Waals surface area contributed by atoms with E-state index in [0.29, 0.717) is 5.56 Å². The molecule has 1 aromatic heterocycles. The summed E-state index contributed by atoms with van der Waals surface area (Å²) in [5.41, 5.74) is 3.07. The molecule has 0 unspecified atom stereocenters. The number of carbonyl (C=O) groups is 1. The lowest BCUT2D eigenvalue weighted by Crippen LogP contribution is -2.14. The molecule has 0 atom stereocenters. The van der Waals surface area contributed by atoms with Crippen molar-refractivity contribution in [3.05, 3.63) is 56.9 Å². The van der Waals surface area contributed by atoms with Gasteiger partial charge in [-0.3, -0.25) is 9.78 Å². The zero-order chi connectivity index (χ0) is 13.1. The van der Waals surface area contributed by atoms with Gasteiger partial charge in [0, 0.05) is 15.0 Å². The molecule has 0 aliphatic heterocycles. The molecule has 0 aliphatic rings. The van der Waals surface area contributed by atoms with Gasteiger partial charge >= 0.3 is 0 Å². The average Bonchev–Trinajstić information content (AvgIpc) is 2.28. The SMILES string of the molecule is Cc1ccc(C(=O)Nc2cccc(I)c2)c(C)n1. The zero-order valence-electron chi connectivity index (χ0n) is 10.2. The Labute approximate surface area is 120 Å². The molecule has 0 saturated heterocycles. The van der Waals surface area contributed by atoms with Gasteiger partial charge in [0.05, 0.1) is 11.3 Å². The fraction of sp³-hybridized carbons (Fsp3) is 0.143. The number of aryl methyl sites for hydroxylation is 2. The monoisotopic (exact) mass is 352 g/mol. The van der Waals surface area contributed by atoms with E-state index in [0.717, 1.165) is 20.6 Å². The molecular weight excluding hydrogens is 339 g/mol. The Kier molecular flexibility index (Phi) is 3.96. The summed E-state index contributed by atoms with van der Waals surface area (Å²) in [6, 6.07) is 11.3. The highest BCUT2D eigenvalue weighted by Crippen LogP contribution is 2.14. The number of hydrogen-bond acceptors (Lipinski definition) is 2. The van der Waals surface area contributed by atoms with Gasteiger partial charge in [-0.15, -0.1) is 0 Å². The van der Waals surface area contributed by atoms with Crippen LogP contribution >= 0.6 is 22.6 Å². The maximum Gasteiger partial charge on any atom is 0.257 e. The summed E-state index contributed by atoms with van der Waals surface area (Å²) in [4.78, 5) is 16.4. The molecule has 0 fully saturated rings. The average molecular weight is 352 g/mol. The van der Waals surface area contributed by atoms with Crippen LogP contribution in [0.5, 0.6) is 0 Å². The van der Waals surface area contributed by atoms with Crippen LogP contribution < -0.4 is 5.32 Å². The molecule has 92 valence electrons. The van der Waals surface area contributed by atoms with E-state index in [1.807, 2.05) is 44.2 Å². The van der Waals surface area contributed by atoms with Gasteiger partial charge in [-0.05, 0) is 66.8 Å². The van der Waals surface area contributed by atoms with E-state index in [-0.39, 0.29) is 5.91 Å². The van der Waals surface area contributed by atoms with Crippen LogP contribution in [0.25, 0.3) is 0 Å². The molecule has 2 rings (SSSR count).